The SMILES string of the molecule is CCSCCC(C)NS(=O)(=O)c1ccc(CO)o1. The molecule has 0 bridgehead atoms. The van der Waals surface area contributed by atoms with Crippen LogP contribution in [0.2, 0.25) is 0 Å². The average molecular weight is 293 g/mol. The number of hydrogen-bond acceptors (Lipinski definition) is 5. The van der Waals surface area contributed by atoms with Crippen molar-refractivity contribution in [2.75, 3.05) is 11.5 Å². The van der Waals surface area contributed by atoms with Crippen LogP contribution in [0.4, 0.5) is 0 Å². The molecule has 0 aliphatic rings. The van der Waals surface area contributed by atoms with E-state index < -0.39 is 10.0 Å². The van der Waals surface area contributed by atoms with Crippen LogP contribution in [0, 0.1) is 0 Å². The van der Waals surface area contributed by atoms with Gasteiger partial charge in [-0.3, -0.25) is 0 Å². The molecule has 1 unspecified atom stereocenters. The maximum absolute atomic E-state index is 11.9. The monoisotopic (exact) mass is 293 g/mol. The molecule has 1 atom stereocenters. The van der Waals surface area contributed by atoms with E-state index in [1.165, 1.54) is 12.1 Å². The van der Waals surface area contributed by atoms with E-state index in [2.05, 4.69) is 11.6 Å². The van der Waals surface area contributed by atoms with Crippen molar-refractivity contribution in [1.82, 2.24) is 4.72 Å². The highest BCUT2D eigenvalue weighted by Crippen LogP contribution is 2.15. The van der Waals surface area contributed by atoms with Crippen molar-refractivity contribution in [3.63, 3.8) is 0 Å². The van der Waals surface area contributed by atoms with Crippen LogP contribution >= 0.6 is 11.8 Å². The molecule has 0 radical (unpaired) electrons. The van der Waals surface area contributed by atoms with Crippen molar-refractivity contribution in [3.05, 3.63) is 17.9 Å². The molecule has 0 fully saturated rings. The summed E-state index contributed by atoms with van der Waals surface area (Å²) < 4.78 is 31.4. The number of aliphatic hydroxyl groups is 1. The van der Waals surface area contributed by atoms with Gasteiger partial charge in [0.05, 0.1) is 0 Å². The van der Waals surface area contributed by atoms with Gasteiger partial charge in [0.1, 0.15) is 12.4 Å². The molecule has 1 heterocycles. The van der Waals surface area contributed by atoms with E-state index in [0.29, 0.717) is 0 Å². The first-order valence-corrected chi connectivity index (χ1v) is 8.43. The summed E-state index contributed by atoms with van der Waals surface area (Å²) in [5.41, 5.74) is 0. The summed E-state index contributed by atoms with van der Waals surface area (Å²) in [4.78, 5) is 0. The molecule has 7 heteroatoms. The maximum Gasteiger partial charge on any atom is 0.274 e. The summed E-state index contributed by atoms with van der Waals surface area (Å²) in [5.74, 6) is 2.18. The van der Waals surface area contributed by atoms with Crippen LogP contribution in [0.25, 0.3) is 0 Å². The van der Waals surface area contributed by atoms with Crippen LogP contribution in [-0.4, -0.2) is 31.1 Å². The topological polar surface area (TPSA) is 79.5 Å². The molecule has 0 aliphatic heterocycles. The van der Waals surface area contributed by atoms with Crippen LogP contribution in [0.5, 0.6) is 0 Å². The molecule has 0 aromatic carbocycles. The van der Waals surface area contributed by atoms with E-state index in [1.54, 1.807) is 11.8 Å². The van der Waals surface area contributed by atoms with Gasteiger partial charge in [-0.2, -0.15) is 11.8 Å². The first-order valence-electron chi connectivity index (χ1n) is 5.79. The van der Waals surface area contributed by atoms with Crippen LogP contribution in [0.3, 0.4) is 0 Å². The fraction of sp³-hybridized carbons (Fsp3) is 0.636. The highest BCUT2D eigenvalue weighted by atomic mass is 32.2. The lowest BCUT2D eigenvalue weighted by molar-refractivity contribution is 0.236. The van der Waals surface area contributed by atoms with E-state index in [1.807, 2.05) is 6.92 Å². The first-order chi connectivity index (χ1) is 8.49. The van der Waals surface area contributed by atoms with Crippen LogP contribution < -0.4 is 4.72 Å². The van der Waals surface area contributed by atoms with Gasteiger partial charge in [-0.15, -0.1) is 0 Å². The van der Waals surface area contributed by atoms with Crippen molar-refractivity contribution in [1.29, 1.82) is 0 Å². The molecule has 2 N–H and O–H groups in total. The van der Waals surface area contributed by atoms with Crippen molar-refractivity contribution in [3.8, 4) is 0 Å². The second-order valence-corrected chi connectivity index (χ2v) is 6.93. The third-order valence-electron chi connectivity index (χ3n) is 2.31. The zero-order valence-electron chi connectivity index (χ0n) is 10.5. The normalized spacial score (nSPS) is 13.7. The lowest BCUT2D eigenvalue weighted by atomic mass is 10.3. The van der Waals surface area contributed by atoms with Crippen molar-refractivity contribution >= 4 is 21.8 Å². The Balaban J connectivity index is 2.58. The van der Waals surface area contributed by atoms with Gasteiger partial charge in [0.2, 0.25) is 5.09 Å². The third kappa shape index (κ3) is 4.64. The molecule has 0 spiro atoms. The molecule has 1 rings (SSSR count). The second kappa shape index (κ2) is 7.18. The molecule has 0 amide bonds. The fourth-order valence-corrected chi connectivity index (χ4v) is 3.41. The summed E-state index contributed by atoms with van der Waals surface area (Å²) >= 11 is 1.77. The largest absolute Gasteiger partial charge is 0.446 e. The standard InChI is InChI=1S/C11H19NO4S2/c1-3-17-7-6-9(2)12-18(14,15)11-5-4-10(8-13)16-11/h4-5,9,12-13H,3,6-8H2,1-2H3. The van der Waals surface area contributed by atoms with Crippen molar-refractivity contribution < 1.29 is 17.9 Å². The van der Waals surface area contributed by atoms with Gasteiger partial charge in [0.25, 0.3) is 10.0 Å². The summed E-state index contributed by atoms with van der Waals surface area (Å²) in [5, 5.41) is 8.68. The predicted octanol–water partition coefficient (Wildman–Crippen LogP) is 1.58. The molecule has 18 heavy (non-hydrogen) atoms. The van der Waals surface area contributed by atoms with Crippen LogP contribution in [0.15, 0.2) is 21.6 Å². The van der Waals surface area contributed by atoms with E-state index in [-0.39, 0.29) is 23.5 Å². The highest BCUT2D eigenvalue weighted by molar-refractivity contribution is 7.99. The number of rotatable bonds is 8. The summed E-state index contributed by atoms with van der Waals surface area (Å²) in [6, 6.07) is 2.66. The lowest BCUT2D eigenvalue weighted by Crippen LogP contribution is -2.32. The quantitative estimate of drug-likeness (QED) is 0.711. The molecule has 5 nitrogen and oxygen atoms in total. The minimum Gasteiger partial charge on any atom is -0.446 e. The van der Waals surface area contributed by atoms with Gasteiger partial charge in [-0.05, 0) is 37.0 Å². The molecule has 0 saturated heterocycles. The minimum atomic E-state index is -3.62. The number of thioether (sulfide) groups is 1. The number of furan rings is 1. The highest BCUT2D eigenvalue weighted by Gasteiger charge is 2.20. The Hall–Kier alpha value is -0.500. The fourth-order valence-electron chi connectivity index (χ4n) is 1.37. The van der Waals surface area contributed by atoms with Gasteiger partial charge in [0, 0.05) is 6.04 Å². The van der Waals surface area contributed by atoms with E-state index in [0.717, 1.165) is 17.9 Å². The van der Waals surface area contributed by atoms with Crippen molar-refractivity contribution in [2.24, 2.45) is 0 Å². The van der Waals surface area contributed by atoms with E-state index in [4.69, 9.17) is 9.52 Å². The molecule has 0 saturated carbocycles. The Morgan fingerprint density at radius 1 is 1.50 bits per heavy atom. The molecular formula is C11H19NO4S2. The van der Waals surface area contributed by atoms with Gasteiger partial charge in [-0.1, -0.05) is 6.92 Å². The number of nitrogens with one attached hydrogen (secondary N) is 1. The minimum absolute atomic E-state index is 0.142. The number of hydrogen-bond donors (Lipinski definition) is 2. The first kappa shape index (κ1) is 15.6. The Labute approximate surface area is 112 Å². The number of aliphatic hydroxyl groups excluding tert-OH is 1. The zero-order valence-corrected chi connectivity index (χ0v) is 12.2. The van der Waals surface area contributed by atoms with Gasteiger partial charge < -0.3 is 9.52 Å². The number of sulfonamides is 1. The zero-order chi connectivity index (χ0) is 13.6. The van der Waals surface area contributed by atoms with Gasteiger partial charge in [0.15, 0.2) is 0 Å². The molecule has 1 aromatic heterocycles. The Bertz CT molecular complexity index is 455. The van der Waals surface area contributed by atoms with Gasteiger partial charge >= 0.3 is 0 Å². The van der Waals surface area contributed by atoms with Crippen LogP contribution in [0.1, 0.15) is 26.0 Å². The molecule has 0 aliphatic carbocycles. The molecule has 1 aromatic rings. The molecular weight excluding hydrogens is 274 g/mol. The van der Waals surface area contributed by atoms with Crippen LogP contribution in [-0.2, 0) is 16.6 Å². The summed E-state index contributed by atoms with van der Waals surface area (Å²) in [6.45, 7) is 3.58. The maximum atomic E-state index is 11.9. The van der Waals surface area contributed by atoms with E-state index >= 15 is 0 Å². The Morgan fingerprint density at radius 2 is 2.22 bits per heavy atom. The predicted molar refractivity (Wildman–Crippen MR) is 72.0 cm³/mol. The van der Waals surface area contributed by atoms with Gasteiger partial charge in [-0.25, -0.2) is 13.1 Å². The second-order valence-electron chi connectivity index (χ2n) is 3.89. The summed E-state index contributed by atoms with van der Waals surface area (Å²) in [7, 11) is -3.62. The Morgan fingerprint density at radius 3 is 2.78 bits per heavy atom. The third-order valence-corrected chi connectivity index (χ3v) is 4.71. The lowest BCUT2D eigenvalue weighted by Gasteiger charge is -2.12. The Kier molecular flexibility index (Phi) is 6.20. The smallest absolute Gasteiger partial charge is 0.274 e. The van der Waals surface area contributed by atoms with Crippen molar-refractivity contribution in [2.45, 2.75) is 38.0 Å². The molecule has 104 valence electrons. The average Bonchev–Trinajstić information content (AvgIpc) is 2.78. The summed E-state index contributed by atoms with van der Waals surface area (Å²) in [6.07, 6.45) is 0.769. The van der Waals surface area contributed by atoms with E-state index in [9.17, 15) is 8.42 Å².